The van der Waals surface area contributed by atoms with Crippen molar-refractivity contribution < 1.29 is 4.79 Å². The number of rotatable bonds is 3. The molecule has 2 aromatic carbocycles. The van der Waals surface area contributed by atoms with E-state index in [-0.39, 0.29) is 11.3 Å². The van der Waals surface area contributed by atoms with Crippen LogP contribution in [0.25, 0.3) is 10.9 Å². The molecule has 3 rings (SSSR count). The fourth-order valence-corrected chi connectivity index (χ4v) is 2.91. The van der Waals surface area contributed by atoms with E-state index in [4.69, 9.17) is 0 Å². The minimum Gasteiger partial charge on any atom is -0.345 e. The number of hydrogen-bond acceptors (Lipinski definition) is 2. The summed E-state index contributed by atoms with van der Waals surface area (Å²) in [4.78, 5) is 24.7. The van der Waals surface area contributed by atoms with Crippen molar-refractivity contribution in [2.45, 2.75) is 27.3 Å². The van der Waals surface area contributed by atoms with Crippen LogP contribution in [0.15, 0.2) is 53.3 Å². The van der Waals surface area contributed by atoms with Crippen LogP contribution in [0.3, 0.4) is 0 Å². The minimum absolute atomic E-state index is 0.0582. The quantitative estimate of drug-likeness (QED) is 0.796. The zero-order valence-corrected chi connectivity index (χ0v) is 14.1. The average Bonchev–Trinajstić information content (AvgIpc) is 2.57. The number of aromatic nitrogens is 1. The Bertz CT molecular complexity index is 969. The molecule has 0 saturated carbocycles. The van der Waals surface area contributed by atoms with E-state index in [2.05, 4.69) is 9.88 Å². The van der Waals surface area contributed by atoms with Crippen LogP contribution in [0.5, 0.6) is 0 Å². The normalized spacial score (nSPS) is 10.8. The van der Waals surface area contributed by atoms with Crippen molar-refractivity contribution in [1.29, 1.82) is 0 Å². The third-order valence-electron chi connectivity index (χ3n) is 4.21. The molecule has 0 atom stereocenters. The van der Waals surface area contributed by atoms with Crippen molar-refractivity contribution in [2.24, 2.45) is 0 Å². The Balaban J connectivity index is 2.00. The van der Waals surface area contributed by atoms with Gasteiger partial charge >= 0.3 is 0 Å². The molecule has 0 saturated heterocycles. The molecule has 0 fully saturated rings. The Hall–Kier alpha value is -2.88. The molecule has 0 aliphatic carbocycles. The van der Waals surface area contributed by atoms with Gasteiger partial charge in [0.1, 0.15) is 0 Å². The topological polar surface area (TPSA) is 51.1 Å². The predicted molar refractivity (Wildman–Crippen MR) is 97.8 cm³/mol. The summed E-state index contributed by atoms with van der Waals surface area (Å²) >= 11 is 0. The minimum atomic E-state index is -0.219. The van der Waals surface area contributed by atoms with Gasteiger partial charge in [-0.1, -0.05) is 17.7 Å². The second-order valence-electron chi connectivity index (χ2n) is 5.95. The number of nitrogens with zero attached hydrogens (tertiary/aromatic N) is 1. The lowest BCUT2D eigenvalue weighted by atomic mass is 10.1. The summed E-state index contributed by atoms with van der Waals surface area (Å²) in [5.74, 6) is -0.219. The highest BCUT2D eigenvalue weighted by molar-refractivity contribution is 6.06. The third-order valence-corrected chi connectivity index (χ3v) is 4.21. The standard InChI is InChI=1S/C20H20N2O2/c1-4-22-14(3)11-19(23)17-12-15(7-10-18(17)22)20(24)21-16-8-5-13(2)6-9-16/h5-12H,4H2,1-3H3,(H,21,24). The maximum Gasteiger partial charge on any atom is 0.255 e. The Morgan fingerprint density at radius 1 is 1.04 bits per heavy atom. The summed E-state index contributed by atoms with van der Waals surface area (Å²) in [6, 6.07) is 14.5. The number of nitrogens with one attached hydrogen (secondary N) is 1. The van der Waals surface area contributed by atoms with Crippen molar-refractivity contribution in [3.63, 3.8) is 0 Å². The van der Waals surface area contributed by atoms with Crippen LogP contribution < -0.4 is 10.7 Å². The molecule has 3 aromatic rings. The van der Waals surface area contributed by atoms with Crippen LogP contribution in [0.1, 0.15) is 28.5 Å². The number of aryl methyl sites for hydroxylation is 3. The largest absolute Gasteiger partial charge is 0.345 e. The number of benzene rings is 2. The zero-order valence-electron chi connectivity index (χ0n) is 14.1. The SMILES string of the molecule is CCn1c(C)cc(=O)c2cc(C(=O)Nc3ccc(C)cc3)ccc21. The molecule has 1 aromatic heterocycles. The first kappa shape index (κ1) is 16.0. The molecule has 1 N–H and O–H groups in total. The molecular formula is C20H20N2O2. The number of hydrogen-bond donors (Lipinski definition) is 1. The van der Waals surface area contributed by atoms with E-state index < -0.39 is 0 Å². The predicted octanol–water partition coefficient (Wildman–Crippen LogP) is 3.89. The van der Waals surface area contributed by atoms with Gasteiger partial charge < -0.3 is 9.88 Å². The van der Waals surface area contributed by atoms with Gasteiger partial charge in [0.05, 0.1) is 5.52 Å². The van der Waals surface area contributed by atoms with Gasteiger partial charge in [0.25, 0.3) is 5.91 Å². The van der Waals surface area contributed by atoms with Crippen LogP contribution >= 0.6 is 0 Å². The third kappa shape index (κ3) is 2.95. The molecule has 24 heavy (non-hydrogen) atoms. The molecule has 1 heterocycles. The highest BCUT2D eigenvalue weighted by atomic mass is 16.1. The lowest BCUT2D eigenvalue weighted by Crippen LogP contribution is -2.15. The van der Waals surface area contributed by atoms with Gasteiger partial charge in [-0.05, 0) is 51.1 Å². The Morgan fingerprint density at radius 3 is 2.42 bits per heavy atom. The number of carbonyl (C=O) groups is 1. The first-order valence-electron chi connectivity index (χ1n) is 8.02. The number of anilines is 1. The van der Waals surface area contributed by atoms with E-state index in [1.54, 1.807) is 18.2 Å². The van der Waals surface area contributed by atoms with Crippen molar-refractivity contribution in [3.05, 3.63) is 75.6 Å². The summed E-state index contributed by atoms with van der Waals surface area (Å²) in [6.45, 7) is 6.73. The van der Waals surface area contributed by atoms with E-state index in [1.165, 1.54) is 0 Å². The van der Waals surface area contributed by atoms with Crippen LogP contribution in [-0.2, 0) is 6.54 Å². The van der Waals surface area contributed by atoms with Crippen LogP contribution in [0.4, 0.5) is 5.69 Å². The fourth-order valence-electron chi connectivity index (χ4n) is 2.91. The Kier molecular flexibility index (Phi) is 4.21. The summed E-state index contributed by atoms with van der Waals surface area (Å²) in [6.07, 6.45) is 0. The van der Waals surface area contributed by atoms with Gasteiger partial charge in [-0.15, -0.1) is 0 Å². The molecule has 0 aliphatic heterocycles. The second-order valence-corrected chi connectivity index (χ2v) is 5.95. The van der Waals surface area contributed by atoms with E-state index in [1.807, 2.05) is 51.1 Å². The number of pyridine rings is 1. The van der Waals surface area contributed by atoms with E-state index in [0.29, 0.717) is 10.9 Å². The molecule has 1 amide bonds. The smallest absolute Gasteiger partial charge is 0.255 e. The fraction of sp³-hybridized carbons (Fsp3) is 0.200. The Labute approximate surface area is 140 Å². The first-order valence-corrected chi connectivity index (χ1v) is 8.02. The molecular weight excluding hydrogens is 300 g/mol. The first-order chi connectivity index (χ1) is 11.5. The molecule has 0 spiro atoms. The molecule has 0 unspecified atom stereocenters. The molecule has 4 heteroatoms. The molecule has 122 valence electrons. The van der Waals surface area contributed by atoms with Crippen LogP contribution in [0, 0.1) is 13.8 Å². The maximum absolute atomic E-state index is 12.5. The maximum atomic E-state index is 12.5. The molecule has 4 nitrogen and oxygen atoms in total. The zero-order chi connectivity index (χ0) is 17.3. The van der Waals surface area contributed by atoms with Crippen molar-refractivity contribution >= 4 is 22.5 Å². The highest BCUT2D eigenvalue weighted by Gasteiger charge is 2.11. The summed E-state index contributed by atoms with van der Waals surface area (Å²) in [7, 11) is 0. The van der Waals surface area contributed by atoms with Gasteiger partial charge in [-0.3, -0.25) is 9.59 Å². The van der Waals surface area contributed by atoms with Crippen LogP contribution in [0.2, 0.25) is 0 Å². The summed E-state index contributed by atoms with van der Waals surface area (Å²) in [5.41, 5.74) is 4.07. The van der Waals surface area contributed by atoms with Gasteiger partial charge in [-0.25, -0.2) is 0 Å². The van der Waals surface area contributed by atoms with Gasteiger partial charge in [0, 0.05) is 34.9 Å². The second kappa shape index (κ2) is 6.32. The van der Waals surface area contributed by atoms with Crippen molar-refractivity contribution in [1.82, 2.24) is 4.57 Å². The highest BCUT2D eigenvalue weighted by Crippen LogP contribution is 2.17. The van der Waals surface area contributed by atoms with Crippen LogP contribution in [-0.4, -0.2) is 10.5 Å². The summed E-state index contributed by atoms with van der Waals surface area (Å²) < 4.78 is 2.07. The van der Waals surface area contributed by atoms with Crippen molar-refractivity contribution in [2.75, 3.05) is 5.32 Å². The average molecular weight is 320 g/mol. The number of carbonyl (C=O) groups excluding carboxylic acids is 1. The number of fused-ring (bicyclic) bond motifs is 1. The molecule has 0 aliphatic rings. The van der Waals surface area contributed by atoms with E-state index >= 15 is 0 Å². The van der Waals surface area contributed by atoms with Gasteiger partial charge in [0.2, 0.25) is 0 Å². The van der Waals surface area contributed by atoms with Gasteiger partial charge in [0.15, 0.2) is 5.43 Å². The molecule has 0 bridgehead atoms. The van der Waals surface area contributed by atoms with Gasteiger partial charge in [-0.2, -0.15) is 0 Å². The van der Waals surface area contributed by atoms with E-state index in [9.17, 15) is 9.59 Å². The summed E-state index contributed by atoms with van der Waals surface area (Å²) in [5, 5.41) is 3.43. The lowest BCUT2D eigenvalue weighted by molar-refractivity contribution is 0.102. The number of amides is 1. The monoisotopic (exact) mass is 320 g/mol. The lowest BCUT2D eigenvalue weighted by Gasteiger charge is -2.13. The van der Waals surface area contributed by atoms with Crippen molar-refractivity contribution in [3.8, 4) is 0 Å². The molecule has 0 radical (unpaired) electrons. The Morgan fingerprint density at radius 2 is 1.75 bits per heavy atom. The van der Waals surface area contributed by atoms with E-state index in [0.717, 1.165) is 29.0 Å².